The number of benzene rings is 5. The zero-order valence-electron chi connectivity index (χ0n) is 17.5. The molecule has 0 radical (unpaired) electrons. The molecule has 5 rings (SSSR count). The van der Waals surface area contributed by atoms with Crippen molar-refractivity contribution < 1.29 is 0 Å². The maximum absolute atomic E-state index is 6.22. The van der Waals surface area contributed by atoms with Gasteiger partial charge in [-0.2, -0.15) is 0 Å². The Morgan fingerprint density at radius 3 is 1.38 bits per heavy atom. The Morgan fingerprint density at radius 2 is 0.812 bits per heavy atom. The minimum absolute atomic E-state index is 0.747. The van der Waals surface area contributed by atoms with Crippen molar-refractivity contribution in [3.8, 4) is 22.3 Å². The highest BCUT2D eigenvalue weighted by Gasteiger charge is 2.13. The molecule has 0 aliphatic rings. The van der Waals surface area contributed by atoms with Gasteiger partial charge in [0.2, 0.25) is 0 Å². The topological polar surface area (TPSA) is 3.24 Å². The van der Waals surface area contributed by atoms with Crippen molar-refractivity contribution >= 4 is 28.7 Å². The molecule has 154 valence electrons. The van der Waals surface area contributed by atoms with Gasteiger partial charge in [-0.3, -0.25) is 0 Å². The van der Waals surface area contributed by atoms with Crippen molar-refractivity contribution in [1.29, 1.82) is 0 Å². The number of hydrogen-bond donors (Lipinski definition) is 0. The summed E-state index contributed by atoms with van der Waals surface area (Å²) in [6, 6.07) is 46.2. The van der Waals surface area contributed by atoms with Crippen LogP contribution in [0.4, 0.5) is 17.1 Å². The van der Waals surface area contributed by atoms with E-state index in [-0.39, 0.29) is 0 Å². The maximum atomic E-state index is 6.22. The average Bonchev–Trinajstić information content (AvgIpc) is 2.86. The zero-order chi connectivity index (χ0) is 21.8. The fraction of sp³-hybridized carbons (Fsp3) is 0. The van der Waals surface area contributed by atoms with Crippen molar-refractivity contribution in [2.45, 2.75) is 0 Å². The highest BCUT2D eigenvalue weighted by molar-refractivity contribution is 6.30. The Hall–Kier alpha value is -3.81. The van der Waals surface area contributed by atoms with Crippen LogP contribution in [0.1, 0.15) is 0 Å². The second-order valence-corrected chi connectivity index (χ2v) is 8.08. The first-order chi connectivity index (χ1) is 15.8. The molecule has 0 bridgehead atoms. The fourth-order valence-corrected chi connectivity index (χ4v) is 4.16. The van der Waals surface area contributed by atoms with Crippen molar-refractivity contribution in [2.24, 2.45) is 0 Å². The molecule has 0 spiro atoms. The lowest BCUT2D eigenvalue weighted by molar-refractivity contribution is 1.28. The van der Waals surface area contributed by atoms with Crippen LogP contribution in [0.5, 0.6) is 0 Å². The summed E-state index contributed by atoms with van der Waals surface area (Å²) in [5, 5.41) is 0.747. The van der Waals surface area contributed by atoms with Crippen LogP contribution < -0.4 is 4.90 Å². The second kappa shape index (κ2) is 9.13. The Labute approximate surface area is 194 Å². The highest BCUT2D eigenvalue weighted by Crippen LogP contribution is 2.36. The molecule has 5 aromatic carbocycles. The predicted octanol–water partition coefficient (Wildman–Crippen LogP) is 9.14. The van der Waals surface area contributed by atoms with Gasteiger partial charge in [0.25, 0.3) is 0 Å². The molecule has 0 aliphatic carbocycles. The molecule has 0 atom stereocenters. The number of para-hydroxylation sites is 2. The van der Waals surface area contributed by atoms with E-state index in [4.69, 9.17) is 11.6 Å². The molecule has 2 heteroatoms. The molecule has 0 unspecified atom stereocenters. The summed E-state index contributed by atoms with van der Waals surface area (Å²) < 4.78 is 0. The van der Waals surface area contributed by atoms with Crippen molar-refractivity contribution in [3.63, 3.8) is 0 Å². The minimum Gasteiger partial charge on any atom is -0.310 e. The molecule has 0 aliphatic heterocycles. The van der Waals surface area contributed by atoms with Crippen LogP contribution in [-0.2, 0) is 0 Å². The predicted molar refractivity (Wildman–Crippen MR) is 137 cm³/mol. The number of rotatable bonds is 5. The first-order valence-electron chi connectivity index (χ1n) is 10.6. The summed E-state index contributed by atoms with van der Waals surface area (Å²) in [7, 11) is 0. The van der Waals surface area contributed by atoms with Gasteiger partial charge in [-0.15, -0.1) is 0 Å². The SMILES string of the molecule is Clc1cccc(-c2cccc(-c3cccc(N(c4ccccc4)c4ccccc4)c3)c2)c1. The van der Waals surface area contributed by atoms with E-state index in [0.29, 0.717) is 0 Å². The van der Waals surface area contributed by atoms with Gasteiger partial charge in [-0.1, -0.05) is 90.5 Å². The third-order valence-corrected chi connectivity index (χ3v) is 5.72. The smallest absolute Gasteiger partial charge is 0.0467 e. The molecule has 0 saturated carbocycles. The normalized spacial score (nSPS) is 10.7. The Morgan fingerprint density at radius 1 is 0.375 bits per heavy atom. The van der Waals surface area contributed by atoms with Gasteiger partial charge in [0.1, 0.15) is 0 Å². The van der Waals surface area contributed by atoms with Gasteiger partial charge in [0.15, 0.2) is 0 Å². The minimum atomic E-state index is 0.747. The van der Waals surface area contributed by atoms with E-state index < -0.39 is 0 Å². The highest BCUT2D eigenvalue weighted by atomic mass is 35.5. The molecule has 5 aromatic rings. The lowest BCUT2D eigenvalue weighted by Crippen LogP contribution is -2.09. The van der Waals surface area contributed by atoms with Crippen LogP contribution >= 0.6 is 11.6 Å². The molecule has 32 heavy (non-hydrogen) atoms. The van der Waals surface area contributed by atoms with E-state index in [1.807, 2.05) is 30.3 Å². The lowest BCUT2D eigenvalue weighted by atomic mass is 9.98. The summed E-state index contributed by atoms with van der Waals surface area (Å²) in [5.41, 5.74) is 7.98. The number of hydrogen-bond acceptors (Lipinski definition) is 1. The standard InChI is InChI=1S/C30H22ClN/c31-27-14-8-12-25(21-27)23-10-7-11-24(20-23)26-13-9-19-30(22-26)32(28-15-3-1-4-16-28)29-17-5-2-6-18-29/h1-22H. The van der Waals surface area contributed by atoms with E-state index in [9.17, 15) is 0 Å². The van der Waals surface area contributed by atoms with Gasteiger partial charge in [-0.05, 0) is 76.9 Å². The summed E-state index contributed by atoms with van der Waals surface area (Å²) in [6.45, 7) is 0. The largest absolute Gasteiger partial charge is 0.310 e. The summed E-state index contributed by atoms with van der Waals surface area (Å²) >= 11 is 6.22. The first kappa shape index (κ1) is 20.1. The van der Waals surface area contributed by atoms with Crippen molar-refractivity contribution in [2.75, 3.05) is 4.90 Å². The van der Waals surface area contributed by atoms with E-state index in [1.165, 1.54) is 11.1 Å². The van der Waals surface area contributed by atoms with E-state index in [1.54, 1.807) is 0 Å². The fourth-order valence-electron chi connectivity index (χ4n) is 3.97. The quantitative estimate of drug-likeness (QED) is 0.268. The average molecular weight is 432 g/mol. The second-order valence-electron chi connectivity index (χ2n) is 7.65. The van der Waals surface area contributed by atoms with Crippen LogP contribution in [0.15, 0.2) is 133 Å². The summed E-state index contributed by atoms with van der Waals surface area (Å²) in [4.78, 5) is 2.28. The van der Waals surface area contributed by atoms with Crippen LogP contribution in [0.2, 0.25) is 5.02 Å². The molecule has 0 aromatic heterocycles. The van der Waals surface area contributed by atoms with Crippen LogP contribution in [-0.4, -0.2) is 0 Å². The third-order valence-electron chi connectivity index (χ3n) is 5.49. The Kier molecular flexibility index (Phi) is 5.74. The molecule has 0 N–H and O–H groups in total. The lowest BCUT2D eigenvalue weighted by Gasteiger charge is -2.26. The molecule has 1 nitrogen and oxygen atoms in total. The first-order valence-corrected chi connectivity index (χ1v) is 11.0. The van der Waals surface area contributed by atoms with E-state index in [2.05, 4.69) is 108 Å². The zero-order valence-corrected chi connectivity index (χ0v) is 18.3. The molecule has 0 amide bonds. The van der Waals surface area contributed by atoms with Crippen LogP contribution in [0.3, 0.4) is 0 Å². The maximum Gasteiger partial charge on any atom is 0.0467 e. The van der Waals surface area contributed by atoms with Gasteiger partial charge in [0.05, 0.1) is 0 Å². The number of halogens is 1. The van der Waals surface area contributed by atoms with Gasteiger partial charge < -0.3 is 4.90 Å². The molecular weight excluding hydrogens is 410 g/mol. The van der Waals surface area contributed by atoms with Gasteiger partial charge >= 0.3 is 0 Å². The monoisotopic (exact) mass is 431 g/mol. The van der Waals surface area contributed by atoms with E-state index >= 15 is 0 Å². The Bertz CT molecular complexity index is 1290. The summed E-state index contributed by atoms with van der Waals surface area (Å²) in [5.74, 6) is 0. The molecular formula is C30H22ClN. The third kappa shape index (κ3) is 4.30. The molecule has 0 fully saturated rings. The van der Waals surface area contributed by atoms with E-state index in [0.717, 1.165) is 33.2 Å². The van der Waals surface area contributed by atoms with Gasteiger partial charge in [0, 0.05) is 22.1 Å². The van der Waals surface area contributed by atoms with Crippen LogP contribution in [0.25, 0.3) is 22.3 Å². The van der Waals surface area contributed by atoms with Crippen molar-refractivity contribution in [1.82, 2.24) is 0 Å². The number of nitrogens with zero attached hydrogens (tertiary/aromatic N) is 1. The molecule has 0 saturated heterocycles. The van der Waals surface area contributed by atoms with Crippen molar-refractivity contribution in [3.05, 3.63) is 138 Å². The Balaban J connectivity index is 1.58. The number of anilines is 3. The summed E-state index contributed by atoms with van der Waals surface area (Å²) in [6.07, 6.45) is 0. The molecule has 0 heterocycles. The van der Waals surface area contributed by atoms with Gasteiger partial charge in [-0.25, -0.2) is 0 Å². The van der Waals surface area contributed by atoms with Crippen LogP contribution in [0, 0.1) is 0 Å².